The van der Waals surface area contributed by atoms with Crippen LogP contribution in [0.2, 0.25) is 0 Å². The van der Waals surface area contributed by atoms with Crippen molar-refractivity contribution in [3.8, 4) is 0 Å². The van der Waals surface area contributed by atoms with Gasteiger partial charge in [-0.1, -0.05) is 19.1 Å². The van der Waals surface area contributed by atoms with E-state index in [0.29, 0.717) is 42.1 Å². The molecule has 1 aliphatic rings. The summed E-state index contributed by atoms with van der Waals surface area (Å²) in [6, 6.07) is 20.7. The van der Waals surface area contributed by atoms with Gasteiger partial charge in [-0.15, -0.1) is 0 Å². The first-order chi connectivity index (χ1) is 18.8. The Kier molecular flexibility index (Phi) is 7.85. The Morgan fingerprint density at radius 3 is 2.03 bits per heavy atom. The minimum Gasteiger partial charge on any atom is -0.340 e. The minimum absolute atomic E-state index is 0.228. The molecular formula is C29H29F2N5O2S. The summed E-state index contributed by atoms with van der Waals surface area (Å²) in [6.45, 7) is 3.01. The van der Waals surface area contributed by atoms with Gasteiger partial charge in [-0.3, -0.25) is 0 Å². The number of nitrogens with one attached hydrogen (secondary N) is 2. The van der Waals surface area contributed by atoms with Crippen LogP contribution in [0.1, 0.15) is 31.2 Å². The molecule has 4 aromatic rings. The van der Waals surface area contributed by atoms with Gasteiger partial charge in [0.15, 0.2) is 0 Å². The molecule has 39 heavy (non-hydrogen) atoms. The van der Waals surface area contributed by atoms with Crippen molar-refractivity contribution in [1.82, 2.24) is 14.3 Å². The van der Waals surface area contributed by atoms with E-state index in [1.54, 1.807) is 48.7 Å². The topological polar surface area (TPSA) is 87.2 Å². The zero-order valence-electron chi connectivity index (χ0n) is 21.4. The molecule has 0 amide bonds. The number of sulfonamides is 1. The summed E-state index contributed by atoms with van der Waals surface area (Å²) >= 11 is 0. The summed E-state index contributed by atoms with van der Waals surface area (Å²) in [5.74, 6) is 0.838. The molecule has 10 heteroatoms. The maximum absolute atomic E-state index is 13.3. The molecule has 2 N–H and O–H groups in total. The van der Waals surface area contributed by atoms with Gasteiger partial charge < -0.3 is 10.6 Å². The smallest absolute Gasteiger partial charge is 0.243 e. The quantitative estimate of drug-likeness (QED) is 0.263. The second kappa shape index (κ2) is 11.5. The number of rotatable bonds is 8. The van der Waals surface area contributed by atoms with Crippen molar-refractivity contribution in [2.24, 2.45) is 5.92 Å². The standard InChI is InChI=1S/C29H29F2N5O2S/c1-20(21-2-4-23(30)5-3-21)22-15-18-36(19-16-22)39(37,38)27-12-10-26(11-13-27)34-29-32-17-14-28(35-29)33-25-8-6-24(31)7-9-25/h2-14,17,20,22H,15-16,18-19H2,1H3,(H2,32,33,34,35). The van der Waals surface area contributed by atoms with Crippen molar-refractivity contribution in [3.63, 3.8) is 0 Å². The lowest BCUT2D eigenvalue weighted by molar-refractivity contribution is 0.250. The highest BCUT2D eigenvalue weighted by molar-refractivity contribution is 7.89. The number of piperidine rings is 1. The van der Waals surface area contributed by atoms with Crippen LogP contribution in [0.25, 0.3) is 0 Å². The molecular weight excluding hydrogens is 520 g/mol. The van der Waals surface area contributed by atoms with Crippen molar-refractivity contribution in [3.05, 3.63) is 102 Å². The molecule has 1 fully saturated rings. The third-order valence-electron chi connectivity index (χ3n) is 7.12. The van der Waals surface area contributed by atoms with E-state index in [-0.39, 0.29) is 22.4 Å². The Labute approximate surface area is 227 Å². The van der Waals surface area contributed by atoms with E-state index >= 15 is 0 Å². The highest BCUT2D eigenvalue weighted by Gasteiger charge is 2.31. The van der Waals surface area contributed by atoms with E-state index in [1.165, 1.54) is 28.6 Å². The van der Waals surface area contributed by atoms with Crippen LogP contribution in [0.4, 0.5) is 31.9 Å². The molecule has 2 heterocycles. The van der Waals surface area contributed by atoms with Crippen molar-refractivity contribution in [1.29, 1.82) is 0 Å². The molecule has 0 radical (unpaired) electrons. The highest BCUT2D eigenvalue weighted by Crippen LogP contribution is 2.34. The van der Waals surface area contributed by atoms with Crippen LogP contribution in [-0.2, 0) is 10.0 Å². The Balaban J connectivity index is 1.19. The third-order valence-corrected chi connectivity index (χ3v) is 9.03. The number of nitrogens with zero attached hydrogens (tertiary/aromatic N) is 3. The lowest BCUT2D eigenvalue weighted by Crippen LogP contribution is -2.39. The number of hydrogen-bond donors (Lipinski definition) is 2. The van der Waals surface area contributed by atoms with Crippen molar-refractivity contribution in [2.75, 3.05) is 23.7 Å². The normalized spacial score (nSPS) is 15.6. The van der Waals surface area contributed by atoms with E-state index in [1.807, 2.05) is 12.1 Å². The predicted octanol–water partition coefficient (Wildman–Crippen LogP) is 6.45. The molecule has 1 aromatic heterocycles. The lowest BCUT2D eigenvalue weighted by Gasteiger charge is -2.34. The van der Waals surface area contributed by atoms with Crippen LogP contribution in [-0.4, -0.2) is 35.8 Å². The van der Waals surface area contributed by atoms with E-state index in [9.17, 15) is 17.2 Å². The number of aromatic nitrogens is 2. The average molecular weight is 550 g/mol. The summed E-state index contributed by atoms with van der Waals surface area (Å²) in [7, 11) is -3.63. The molecule has 0 saturated carbocycles. The zero-order valence-corrected chi connectivity index (χ0v) is 22.2. The Hall–Kier alpha value is -3.89. The van der Waals surface area contributed by atoms with E-state index < -0.39 is 10.0 Å². The minimum atomic E-state index is -3.63. The van der Waals surface area contributed by atoms with Crippen LogP contribution in [0.15, 0.2) is 90.0 Å². The maximum atomic E-state index is 13.3. The summed E-state index contributed by atoms with van der Waals surface area (Å²) in [6.07, 6.45) is 3.08. The molecule has 0 spiro atoms. The molecule has 5 rings (SSSR count). The van der Waals surface area contributed by atoms with Crippen LogP contribution < -0.4 is 10.6 Å². The molecule has 0 aliphatic carbocycles. The van der Waals surface area contributed by atoms with Crippen LogP contribution in [0.5, 0.6) is 0 Å². The highest BCUT2D eigenvalue weighted by atomic mass is 32.2. The van der Waals surface area contributed by atoms with Crippen LogP contribution in [0.3, 0.4) is 0 Å². The second-order valence-electron chi connectivity index (χ2n) is 9.63. The van der Waals surface area contributed by atoms with Gasteiger partial charge in [-0.2, -0.15) is 9.29 Å². The molecule has 202 valence electrons. The monoisotopic (exact) mass is 549 g/mol. The van der Waals surface area contributed by atoms with Crippen molar-refractivity contribution in [2.45, 2.75) is 30.6 Å². The maximum Gasteiger partial charge on any atom is 0.243 e. The number of hydrogen-bond acceptors (Lipinski definition) is 6. The lowest BCUT2D eigenvalue weighted by atomic mass is 9.82. The van der Waals surface area contributed by atoms with Gasteiger partial charge >= 0.3 is 0 Å². The van der Waals surface area contributed by atoms with Crippen LogP contribution >= 0.6 is 0 Å². The Bertz CT molecular complexity index is 1510. The second-order valence-corrected chi connectivity index (χ2v) is 11.6. The van der Waals surface area contributed by atoms with Gasteiger partial charge in [-0.05, 0) is 97.0 Å². The Morgan fingerprint density at radius 1 is 0.821 bits per heavy atom. The van der Waals surface area contributed by atoms with Gasteiger partial charge in [0.05, 0.1) is 4.90 Å². The first-order valence-corrected chi connectivity index (χ1v) is 14.2. The largest absolute Gasteiger partial charge is 0.340 e. The van der Waals surface area contributed by atoms with Gasteiger partial charge in [-0.25, -0.2) is 22.2 Å². The fourth-order valence-electron chi connectivity index (χ4n) is 4.81. The zero-order chi connectivity index (χ0) is 27.4. The van der Waals surface area contributed by atoms with Crippen molar-refractivity contribution >= 4 is 33.2 Å². The van der Waals surface area contributed by atoms with Gasteiger partial charge in [0, 0.05) is 30.7 Å². The van der Waals surface area contributed by atoms with E-state index in [4.69, 9.17) is 0 Å². The summed E-state index contributed by atoms with van der Waals surface area (Å²) in [5.41, 5.74) is 2.39. The van der Waals surface area contributed by atoms with Crippen molar-refractivity contribution < 1.29 is 17.2 Å². The van der Waals surface area contributed by atoms with E-state index in [2.05, 4.69) is 27.5 Å². The average Bonchev–Trinajstić information content (AvgIpc) is 2.95. The fraction of sp³-hybridized carbons (Fsp3) is 0.241. The first kappa shape index (κ1) is 26.7. The van der Waals surface area contributed by atoms with E-state index in [0.717, 1.165) is 18.4 Å². The predicted molar refractivity (Wildman–Crippen MR) is 148 cm³/mol. The number of halogens is 2. The summed E-state index contributed by atoms with van der Waals surface area (Å²) in [4.78, 5) is 8.85. The molecule has 7 nitrogen and oxygen atoms in total. The molecule has 1 unspecified atom stereocenters. The fourth-order valence-corrected chi connectivity index (χ4v) is 6.28. The van der Waals surface area contributed by atoms with Gasteiger partial charge in [0.1, 0.15) is 17.5 Å². The van der Waals surface area contributed by atoms with Gasteiger partial charge in [0.25, 0.3) is 0 Å². The molecule has 3 aromatic carbocycles. The van der Waals surface area contributed by atoms with Crippen LogP contribution in [0, 0.1) is 17.6 Å². The number of anilines is 4. The molecule has 1 aliphatic heterocycles. The molecule has 1 atom stereocenters. The number of benzene rings is 3. The molecule has 0 bridgehead atoms. The Morgan fingerprint density at radius 2 is 1.38 bits per heavy atom. The summed E-state index contributed by atoms with van der Waals surface area (Å²) < 4.78 is 54.5. The summed E-state index contributed by atoms with van der Waals surface area (Å²) in [5, 5.41) is 6.17. The van der Waals surface area contributed by atoms with Gasteiger partial charge in [0.2, 0.25) is 16.0 Å². The first-order valence-electron chi connectivity index (χ1n) is 12.8. The third kappa shape index (κ3) is 6.40. The SMILES string of the molecule is CC(c1ccc(F)cc1)C1CCN(S(=O)(=O)c2ccc(Nc3nccc(Nc4ccc(F)cc4)n3)cc2)CC1. The molecule has 1 saturated heterocycles.